The van der Waals surface area contributed by atoms with E-state index in [0.29, 0.717) is 5.54 Å². The van der Waals surface area contributed by atoms with Crippen LogP contribution in [0, 0.1) is 0 Å². The molecule has 0 amide bonds. The summed E-state index contributed by atoms with van der Waals surface area (Å²) in [4.78, 5) is 2.95. The molecular weight excluding hydrogens is 208 g/mol. The minimum atomic E-state index is 0.559. The molecule has 0 aromatic carbocycles. The maximum Gasteiger partial charge on any atom is 0.0187 e. The molecule has 2 nitrogen and oxygen atoms in total. The molecule has 3 aliphatic rings. The van der Waals surface area contributed by atoms with Crippen molar-refractivity contribution in [1.29, 1.82) is 0 Å². The van der Waals surface area contributed by atoms with Crippen molar-refractivity contribution in [2.75, 3.05) is 6.54 Å². The van der Waals surface area contributed by atoms with Crippen LogP contribution in [-0.4, -0.2) is 35.1 Å². The summed E-state index contributed by atoms with van der Waals surface area (Å²) in [5, 5.41) is 3.68. The Labute approximate surface area is 106 Å². The topological polar surface area (TPSA) is 15.3 Å². The van der Waals surface area contributed by atoms with Gasteiger partial charge in [0.15, 0.2) is 0 Å². The van der Waals surface area contributed by atoms with Gasteiger partial charge in [0.1, 0.15) is 0 Å². The molecule has 0 spiro atoms. The summed E-state index contributed by atoms with van der Waals surface area (Å²) in [7, 11) is 0. The molecule has 2 unspecified atom stereocenters. The molecule has 0 aromatic heterocycles. The average Bonchev–Trinajstić information content (AvgIpc) is 2.84. The van der Waals surface area contributed by atoms with E-state index in [1.54, 1.807) is 0 Å². The second-order valence-electron chi connectivity index (χ2n) is 6.72. The van der Waals surface area contributed by atoms with Crippen LogP contribution in [0.3, 0.4) is 0 Å². The van der Waals surface area contributed by atoms with Gasteiger partial charge in [-0.05, 0) is 52.0 Å². The number of nitrogens with one attached hydrogen (secondary N) is 1. The van der Waals surface area contributed by atoms with Crippen molar-refractivity contribution in [3.8, 4) is 0 Å². The first-order chi connectivity index (χ1) is 8.23. The van der Waals surface area contributed by atoms with Gasteiger partial charge in [0, 0.05) is 23.7 Å². The molecule has 2 bridgehead atoms. The Morgan fingerprint density at radius 1 is 1.12 bits per heavy atom. The Morgan fingerprint density at radius 2 is 1.71 bits per heavy atom. The third-order valence-electron chi connectivity index (χ3n) is 5.53. The zero-order valence-electron chi connectivity index (χ0n) is 11.5. The maximum absolute atomic E-state index is 3.68. The Balaban J connectivity index is 1.72. The molecule has 2 heteroatoms. The van der Waals surface area contributed by atoms with Gasteiger partial charge in [-0.3, -0.25) is 4.90 Å². The Kier molecular flexibility index (Phi) is 3.20. The van der Waals surface area contributed by atoms with Crippen LogP contribution in [0.2, 0.25) is 0 Å². The molecule has 2 atom stereocenters. The summed E-state index contributed by atoms with van der Waals surface area (Å²) in [5.74, 6) is 0. The summed E-state index contributed by atoms with van der Waals surface area (Å²) in [6.07, 6.45) is 11.5. The Morgan fingerprint density at radius 3 is 2.24 bits per heavy atom. The van der Waals surface area contributed by atoms with E-state index in [1.165, 1.54) is 51.4 Å². The quantitative estimate of drug-likeness (QED) is 0.810. The monoisotopic (exact) mass is 236 g/mol. The van der Waals surface area contributed by atoms with E-state index in [4.69, 9.17) is 0 Å². The van der Waals surface area contributed by atoms with E-state index < -0.39 is 0 Å². The van der Waals surface area contributed by atoms with Crippen molar-refractivity contribution in [3.05, 3.63) is 0 Å². The van der Waals surface area contributed by atoms with E-state index in [1.807, 2.05) is 0 Å². The lowest BCUT2D eigenvalue weighted by Gasteiger charge is -2.48. The molecule has 3 fully saturated rings. The van der Waals surface area contributed by atoms with Crippen LogP contribution in [0.25, 0.3) is 0 Å². The third kappa shape index (κ3) is 2.04. The van der Waals surface area contributed by atoms with Crippen LogP contribution in [-0.2, 0) is 0 Å². The second-order valence-corrected chi connectivity index (χ2v) is 6.72. The fourth-order valence-electron chi connectivity index (χ4n) is 4.91. The summed E-state index contributed by atoms with van der Waals surface area (Å²) in [5.41, 5.74) is 0.559. The van der Waals surface area contributed by atoms with Crippen molar-refractivity contribution >= 4 is 0 Å². The average molecular weight is 236 g/mol. The second kappa shape index (κ2) is 4.55. The number of nitrogens with zero attached hydrogens (tertiary/aromatic N) is 1. The lowest BCUT2D eigenvalue weighted by Crippen LogP contribution is -2.57. The van der Waals surface area contributed by atoms with E-state index in [-0.39, 0.29) is 0 Å². The first-order valence-electron chi connectivity index (χ1n) is 7.75. The van der Waals surface area contributed by atoms with Crippen LogP contribution in [0.4, 0.5) is 0 Å². The van der Waals surface area contributed by atoms with Crippen molar-refractivity contribution in [3.63, 3.8) is 0 Å². The normalized spacial score (nSPS) is 40.9. The van der Waals surface area contributed by atoms with E-state index in [9.17, 15) is 0 Å². The molecule has 17 heavy (non-hydrogen) atoms. The molecule has 1 saturated carbocycles. The number of piperidine rings is 1. The van der Waals surface area contributed by atoms with E-state index in [2.05, 4.69) is 24.1 Å². The van der Waals surface area contributed by atoms with Crippen molar-refractivity contribution in [1.82, 2.24) is 10.2 Å². The van der Waals surface area contributed by atoms with Crippen LogP contribution in [0.5, 0.6) is 0 Å². The maximum atomic E-state index is 3.68. The lowest BCUT2D eigenvalue weighted by molar-refractivity contribution is 0.0139. The largest absolute Gasteiger partial charge is 0.314 e. The number of hydrogen-bond acceptors (Lipinski definition) is 2. The molecule has 0 radical (unpaired) electrons. The highest BCUT2D eigenvalue weighted by Gasteiger charge is 2.49. The number of hydrogen-bond donors (Lipinski definition) is 1. The standard InChI is InChI=1S/C15H28N2/c1-3-16-12-10-13-6-7-14(11-12)17(13)15(2)8-4-5-9-15/h12-14,16H,3-11H2,1-2H3. The Bertz CT molecular complexity index is 256. The third-order valence-corrected chi connectivity index (χ3v) is 5.53. The van der Waals surface area contributed by atoms with Gasteiger partial charge in [-0.25, -0.2) is 0 Å². The van der Waals surface area contributed by atoms with Crippen LogP contribution in [0.1, 0.15) is 65.2 Å². The molecule has 98 valence electrons. The van der Waals surface area contributed by atoms with Crippen LogP contribution >= 0.6 is 0 Å². The smallest absolute Gasteiger partial charge is 0.0187 e. The highest BCUT2D eigenvalue weighted by molar-refractivity contribution is 5.05. The van der Waals surface area contributed by atoms with Gasteiger partial charge < -0.3 is 5.32 Å². The van der Waals surface area contributed by atoms with E-state index in [0.717, 1.165) is 24.7 Å². The fraction of sp³-hybridized carbons (Fsp3) is 1.00. The molecule has 2 saturated heterocycles. The molecular formula is C15H28N2. The van der Waals surface area contributed by atoms with Crippen molar-refractivity contribution in [2.45, 2.75) is 88.9 Å². The molecule has 2 aliphatic heterocycles. The van der Waals surface area contributed by atoms with Crippen LogP contribution in [0.15, 0.2) is 0 Å². The molecule has 3 rings (SSSR count). The van der Waals surface area contributed by atoms with Gasteiger partial charge in [0.25, 0.3) is 0 Å². The van der Waals surface area contributed by atoms with Crippen LogP contribution < -0.4 is 5.32 Å². The predicted octanol–water partition coefficient (Wildman–Crippen LogP) is 2.92. The van der Waals surface area contributed by atoms with E-state index >= 15 is 0 Å². The zero-order valence-corrected chi connectivity index (χ0v) is 11.5. The van der Waals surface area contributed by atoms with Gasteiger partial charge in [-0.2, -0.15) is 0 Å². The lowest BCUT2D eigenvalue weighted by atomic mass is 9.88. The summed E-state index contributed by atoms with van der Waals surface area (Å²) in [6, 6.07) is 2.58. The first kappa shape index (κ1) is 12.0. The van der Waals surface area contributed by atoms with Crippen molar-refractivity contribution < 1.29 is 0 Å². The SMILES string of the molecule is CCNC1CC2CCC(C1)N2C1(C)CCCC1. The molecule has 1 aliphatic carbocycles. The molecule has 2 heterocycles. The number of rotatable bonds is 3. The first-order valence-corrected chi connectivity index (χ1v) is 7.75. The molecule has 1 N–H and O–H groups in total. The molecule has 0 aromatic rings. The highest BCUT2D eigenvalue weighted by Crippen LogP contribution is 2.46. The zero-order chi connectivity index (χ0) is 11.9. The predicted molar refractivity (Wildman–Crippen MR) is 72.2 cm³/mol. The summed E-state index contributed by atoms with van der Waals surface area (Å²) >= 11 is 0. The Hall–Kier alpha value is -0.0800. The minimum absolute atomic E-state index is 0.559. The van der Waals surface area contributed by atoms with Gasteiger partial charge in [0.2, 0.25) is 0 Å². The van der Waals surface area contributed by atoms with Gasteiger partial charge in [-0.15, -0.1) is 0 Å². The van der Waals surface area contributed by atoms with Gasteiger partial charge >= 0.3 is 0 Å². The fourth-order valence-corrected chi connectivity index (χ4v) is 4.91. The summed E-state index contributed by atoms with van der Waals surface area (Å²) in [6.45, 7) is 5.92. The highest BCUT2D eigenvalue weighted by atomic mass is 15.3. The summed E-state index contributed by atoms with van der Waals surface area (Å²) < 4.78 is 0. The number of fused-ring (bicyclic) bond motifs is 2. The minimum Gasteiger partial charge on any atom is -0.314 e. The van der Waals surface area contributed by atoms with Gasteiger partial charge in [0.05, 0.1) is 0 Å². The van der Waals surface area contributed by atoms with Gasteiger partial charge in [-0.1, -0.05) is 19.8 Å². The van der Waals surface area contributed by atoms with Crippen molar-refractivity contribution in [2.24, 2.45) is 0 Å².